The number of anilines is 2. The minimum atomic E-state index is -0.641. The van der Waals surface area contributed by atoms with E-state index in [1.807, 2.05) is 0 Å². The van der Waals surface area contributed by atoms with E-state index < -0.39 is 11.0 Å². The lowest BCUT2D eigenvalue weighted by atomic mass is 10.2. The van der Waals surface area contributed by atoms with Crippen LogP contribution in [0.3, 0.4) is 0 Å². The van der Waals surface area contributed by atoms with Crippen LogP contribution in [0.1, 0.15) is 12.0 Å². The summed E-state index contributed by atoms with van der Waals surface area (Å²) < 4.78 is 0. The van der Waals surface area contributed by atoms with Gasteiger partial charge in [0.2, 0.25) is 5.91 Å². The number of carbonyl (C=O) groups is 2. The van der Waals surface area contributed by atoms with Crippen LogP contribution in [0.5, 0.6) is 0 Å². The van der Waals surface area contributed by atoms with Gasteiger partial charge in [-0.3, -0.25) is 14.9 Å². The zero-order valence-electron chi connectivity index (χ0n) is 13.9. The Morgan fingerprint density at radius 3 is 2.42 bits per heavy atom. The molecule has 2 aromatic carbocycles. The summed E-state index contributed by atoms with van der Waals surface area (Å²) in [6.45, 7) is 0.610. The van der Waals surface area contributed by atoms with Crippen molar-refractivity contribution in [2.75, 3.05) is 17.2 Å². The fourth-order valence-electron chi connectivity index (χ4n) is 2.23. The number of nitrogens with one attached hydrogen (secondary N) is 3. The third-order valence-electron chi connectivity index (χ3n) is 3.48. The first-order chi connectivity index (χ1) is 12.5. The summed E-state index contributed by atoms with van der Waals surface area (Å²) in [4.78, 5) is 33.1. The molecular weight excluding hydrogens is 338 g/mol. The van der Waals surface area contributed by atoms with E-state index in [9.17, 15) is 19.7 Å². The van der Waals surface area contributed by atoms with Gasteiger partial charge in [-0.1, -0.05) is 24.3 Å². The van der Waals surface area contributed by atoms with Crippen molar-refractivity contribution in [1.29, 1.82) is 0 Å². The maximum atomic E-state index is 11.9. The molecule has 3 amide bonds. The molecule has 0 aliphatic rings. The number of carbonyl (C=O) groups excluding carboxylic acids is 2. The molecule has 0 saturated heterocycles. The van der Waals surface area contributed by atoms with Crippen LogP contribution >= 0.6 is 0 Å². The zero-order chi connectivity index (χ0) is 18.9. The highest BCUT2D eigenvalue weighted by Crippen LogP contribution is 2.22. The summed E-state index contributed by atoms with van der Waals surface area (Å²) in [5, 5.41) is 19.0. The van der Waals surface area contributed by atoms with E-state index in [4.69, 9.17) is 5.73 Å². The monoisotopic (exact) mass is 357 g/mol. The summed E-state index contributed by atoms with van der Waals surface area (Å²) in [7, 11) is 0. The maximum Gasteiger partial charge on any atom is 0.316 e. The average molecular weight is 357 g/mol. The molecule has 136 valence electrons. The van der Waals surface area contributed by atoms with Gasteiger partial charge in [-0.15, -0.1) is 0 Å². The van der Waals surface area contributed by atoms with E-state index in [0.717, 1.165) is 5.56 Å². The molecule has 0 bridgehead atoms. The number of amides is 3. The number of para-hydroxylation sites is 2. The van der Waals surface area contributed by atoms with Crippen molar-refractivity contribution >= 4 is 29.0 Å². The summed E-state index contributed by atoms with van der Waals surface area (Å²) in [6, 6.07) is 12.5. The Labute approximate surface area is 149 Å². The Hall–Kier alpha value is -3.62. The molecule has 0 spiro atoms. The third kappa shape index (κ3) is 5.78. The predicted octanol–water partition coefficient (Wildman–Crippen LogP) is 2.20. The number of hydrogen-bond acceptors (Lipinski definition) is 5. The van der Waals surface area contributed by atoms with Gasteiger partial charge < -0.3 is 21.7 Å². The molecule has 9 nitrogen and oxygen atoms in total. The number of nitrogens with two attached hydrogens (primary N) is 1. The summed E-state index contributed by atoms with van der Waals surface area (Å²) in [6.07, 6.45) is 0.174. The normalized spacial score (nSPS) is 10.0. The lowest BCUT2D eigenvalue weighted by Gasteiger charge is -2.08. The SMILES string of the molecule is NC(=O)Nc1ccc(CNC(=O)CCNc2ccccc2[N+](=O)[O-])cc1. The van der Waals surface area contributed by atoms with Crippen molar-refractivity contribution in [3.63, 3.8) is 0 Å². The van der Waals surface area contributed by atoms with E-state index in [-0.39, 0.29) is 24.6 Å². The lowest BCUT2D eigenvalue weighted by molar-refractivity contribution is -0.384. The number of rotatable bonds is 8. The van der Waals surface area contributed by atoms with Gasteiger partial charge in [0.1, 0.15) is 5.69 Å². The van der Waals surface area contributed by atoms with Crippen LogP contribution in [0, 0.1) is 10.1 Å². The quantitative estimate of drug-likeness (QED) is 0.423. The van der Waals surface area contributed by atoms with E-state index in [0.29, 0.717) is 17.9 Å². The second-order valence-corrected chi connectivity index (χ2v) is 5.41. The predicted molar refractivity (Wildman–Crippen MR) is 97.7 cm³/mol. The number of nitro benzene ring substituents is 1. The molecule has 0 radical (unpaired) electrons. The number of urea groups is 1. The molecule has 0 atom stereocenters. The maximum absolute atomic E-state index is 11.9. The van der Waals surface area contributed by atoms with Crippen LogP contribution in [-0.2, 0) is 11.3 Å². The molecule has 2 aromatic rings. The van der Waals surface area contributed by atoms with Crippen LogP contribution in [0.15, 0.2) is 48.5 Å². The summed E-state index contributed by atoms with van der Waals surface area (Å²) in [5.41, 5.74) is 6.80. The van der Waals surface area contributed by atoms with Gasteiger partial charge in [0.25, 0.3) is 5.69 Å². The molecule has 0 fully saturated rings. The standard InChI is InChI=1S/C17H19N5O4/c18-17(24)21-13-7-5-12(6-8-13)11-20-16(23)9-10-19-14-3-1-2-4-15(14)22(25)26/h1-8,19H,9-11H2,(H,20,23)(H3,18,21,24). The van der Waals surface area contributed by atoms with Crippen LogP contribution in [-0.4, -0.2) is 23.4 Å². The van der Waals surface area contributed by atoms with Crippen molar-refractivity contribution in [3.8, 4) is 0 Å². The number of hydrogen-bond donors (Lipinski definition) is 4. The lowest BCUT2D eigenvalue weighted by Crippen LogP contribution is -2.25. The molecule has 0 aliphatic heterocycles. The molecular formula is C17H19N5O4. The average Bonchev–Trinajstić information content (AvgIpc) is 2.61. The minimum Gasteiger partial charge on any atom is -0.379 e. The zero-order valence-corrected chi connectivity index (χ0v) is 13.9. The molecule has 0 saturated carbocycles. The Morgan fingerprint density at radius 1 is 1.08 bits per heavy atom. The Kier molecular flexibility index (Phi) is 6.49. The molecule has 5 N–H and O–H groups in total. The highest BCUT2D eigenvalue weighted by molar-refractivity contribution is 5.87. The first-order valence-corrected chi connectivity index (χ1v) is 7.85. The highest BCUT2D eigenvalue weighted by atomic mass is 16.6. The van der Waals surface area contributed by atoms with Gasteiger partial charge in [0.05, 0.1) is 4.92 Å². The number of nitro groups is 1. The number of primary amides is 1. The summed E-state index contributed by atoms with van der Waals surface area (Å²) >= 11 is 0. The van der Waals surface area contributed by atoms with Crippen LogP contribution in [0.4, 0.5) is 21.9 Å². The largest absolute Gasteiger partial charge is 0.379 e. The van der Waals surface area contributed by atoms with E-state index >= 15 is 0 Å². The fraction of sp³-hybridized carbons (Fsp3) is 0.176. The van der Waals surface area contributed by atoms with Crippen molar-refractivity contribution in [2.24, 2.45) is 5.73 Å². The van der Waals surface area contributed by atoms with Gasteiger partial charge in [0, 0.05) is 31.3 Å². The number of benzene rings is 2. The van der Waals surface area contributed by atoms with Crippen LogP contribution < -0.4 is 21.7 Å². The molecule has 0 aromatic heterocycles. The first kappa shape index (κ1) is 18.7. The number of nitrogens with zero attached hydrogens (tertiary/aromatic N) is 1. The molecule has 2 rings (SSSR count). The Bertz CT molecular complexity index is 792. The third-order valence-corrected chi connectivity index (χ3v) is 3.48. The van der Waals surface area contributed by atoms with Gasteiger partial charge in [-0.2, -0.15) is 0 Å². The van der Waals surface area contributed by atoms with Gasteiger partial charge in [0.15, 0.2) is 0 Å². The topological polar surface area (TPSA) is 139 Å². The second-order valence-electron chi connectivity index (χ2n) is 5.41. The van der Waals surface area contributed by atoms with Crippen LogP contribution in [0.2, 0.25) is 0 Å². The summed E-state index contributed by atoms with van der Waals surface area (Å²) in [5.74, 6) is -0.185. The van der Waals surface area contributed by atoms with Gasteiger partial charge >= 0.3 is 6.03 Å². The van der Waals surface area contributed by atoms with Gasteiger partial charge in [-0.25, -0.2) is 4.79 Å². The molecule has 26 heavy (non-hydrogen) atoms. The van der Waals surface area contributed by atoms with Crippen LogP contribution in [0.25, 0.3) is 0 Å². The van der Waals surface area contributed by atoms with E-state index in [2.05, 4.69) is 16.0 Å². The second kappa shape index (κ2) is 9.02. The van der Waals surface area contributed by atoms with Crippen molar-refractivity contribution in [1.82, 2.24) is 5.32 Å². The van der Waals surface area contributed by atoms with Crippen molar-refractivity contribution in [3.05, 3.63) is 64.2 Å². The highest BCUT2D eigenvalue weighted by Gasteiger charge is 2.12. The fourth-order valence-corrected chi connectivity index (χ4v) is 2.23. The molecule has 0 aliphatic carbocycles. The Balaban J connectivity index is 1.76. The molecule has 0 unspecified atom stereocenters. The first-order valence-electron chi connectivity index (χ1n) is 7.85. The Morgan fingerprint density at radius 2 is 1.77 bits per heavy atom. The van der Waals surface area contributed by atoms with Crippen molar-refractivity contribution in [2.45, 2.75) is 13.0 Å². The van der Waals surface area contributed by atoms with E-state index in [1.54, 1.807) is 42.5 Å². The molecule has 9 heteroatoms. The van der Waals surface area contributed by atoms with Crippen molar-refractivity contribution < 1.29 is 14.5 Å². The van der Waals surface area contributed by atoms with E-state index in [1.165, 1.54) is 6.07 Å². The minimum absolute atomic E-state index is 0.0300. The van der Waals surface area contributed by atoms with Gasteiger partial charge in [-0.05, 0) is 23.8 Å². The molecule has 0 heterocycles. The smallest absolute Gasteiger partial charge is 0.316 e.